The van der Waals surface area contributed by atoms with Crippen molar-refractivity contribution in [2.24, 2.45) is 0 Å². The van der Waals surface area contributed by atoms with Gasteiger partial charge < -0.3 is 14.8 Å². The van der Waals surface area contributed by atoms with E-state index in [9.17, 15) is 0 Å². The van der Waals surface area contributed by atoms with Gasteiger partial charge in [-0.2, -0.15) is 0 Å². The molecule has 1 aliphatic rings. The minimum Gasteiger partial charge on any atom is -0.352 e. The van der Waals surface area contributed by atoms with Crippen molar-refractivity contribution in [3.8, 4) is 0 Å². The molecule has 1 fully saturated rings. The Labute approximate surface area is 177 Å². The molecule has 0 unspecified atom stereocenters. The van der Waals surface area contributed by atoms with Gasteiger partial charge in [-0.1, -0.05) is 12.1 Å². The molecular weight excluding hydrogens is 378 g/mol. The maximum atomic E-state index is 5.73. The minimum atomic E-state index is 0.0263. The Morgan fingerprint density at radius 1 is 1.14 bits per heavy atom. The fourth-order valence-corrected chi connectivity index (χ4v) is 4.75. The highest BCUT2D eigenvalue weighted by molar-refractivity contribution is 7.80. The van der Waals surface area contributed by atoms with Crippen molar-refractivity contribution in [3.63, 3.8) is 0 Å². The lowest BCUT2D eigenvalue weighted by molar-refractivity contribution is 0.268. The maximum absolute atomic E-state index is 5.73. The van der Waals surface area contributed by atoms with Crippen LogP contribution in [0.1, 0.15) is 54.1 Å². The topological polar surface area (TPSA) is 46.0 Å². The molecule has 3 aromatic rings. The van der Waals surface area contributed by atoms with E-state index in [1.54, 1.807) is 0 Å². The highest BCUT2D eigenvalue weighted by atomic mass is 32.1. The molecular formula is C23H27N5S. The zero-order valence-corrected chi connectivity index (χ0v) is 18.1. The number of thiocarbonyl (C=S) groups is 1. The van der Waals surface area contributed by atoms with E-state index < -0.39 is 0 Å². The molecule has 0 bridgehead atoms. The molecule has 4 rings (SSSR count). The average molecular weight is 406 g/mol. The van der Waals surface area contributed by atoms with Crippen molar-refractivity contribution in [1.29, 1.82) is 0 Å². The van der Waals surface area contributed by atoms with E-state index in [2.05, 4.69) is 70.6 Å². The van der Waals surface area contributed by atoms with Gasteiger partial charge in [0.05, 0.1) is 17.8 Å². The van der Waals surface area contributed by atoms with Crippen LogP contribution in [0.2, 0.25) is 0 Å². The minimum absolute atomic E-state index is 0.0263. The first kappa shape index (κ1) is 19.6. The smallest absolute Gasteiger partial charge is 0.170 e. The molecule has 0 aliphatic carbocycles. The third kappa shape index (κ3) is 3.65. The average Bonchev–Trinajstić information content (AvgIpc) is 3.20. The van der Waals surface area contributed by atoms with Crippen LogP contribution in [0.4, 0.5) is 0 Å². The summed E-state index contributed by atoms with van der Waals surface area (Å²) in [5.41, 5.74) is 6.00. The second-order valence-corrected chi connectivity index (χ2v) is 8.29. The van der Waals surface area contributed by atoms with Crippen LogP contribution >= 0.6 is 12.2 Å². The lowest BCUT2D eigenvalue weighted by Gasteiger charge is -2.31. The molecule has 0 saturated carbocycles. The summed E-state index contributed by atoms with van der Waals surface area (Å²) in [5, 5.41) is 4.32. The SMILES string of the molecule is Cc1cc([C@H]2[C@@H](c3ccccn3)NC(=S)N2C(C)C)c(C)n1Cc1cccnc1. The van der Waals surface area contributed by atoms with E-state index in [4.69, 9.17) is 12.2 Å². The number of hydrogen-bond acceptors (Lipinski definition) is 3. The summed E-state index contributed by atoms with van der Waals surface area (Å²) in [6, 6.07) is 12.9. The Morgan fingerprint density at radius 3 is 2.62 bits per heavy atom. The first-order chi connectivity index (χ1) is 14.0. The van der Waals surface area contributed by atoms with Crippen LogP contribution in [0.3, 0.4) is 0 Å². The van der Waals surface area contributed by atoms with E-state index >= 15 is 0 Å². The van der Waals surface area contributed by atoms with Crippen LogP contribution in [0.5, 0.6) is 0 Å². The molecule has 0 spiro atoms. The van der Waals surface area contributed by atoms with E-state index in [1.807, 2.05) is 36.8 Å². The van der Waals surface area contributed by atoms with Gasteiger partial charge >= 0.3 is 0 Å². The second kappa shape index (κ2) is 7.95. The molecule has 1 saturated heterocycles. The Kier molecular flexibility index (Phi) is 5.37. The zero-order valence-electron chi connectivity index (χ0n) is 17.3. The molecule has 1 N–H and O–H groups in total. The number of nitrogens with zero attached hydrogens (tertiary/aromatic N) is 4. The Balaban J connectivity index is 1.77. The molecule has 0 aromatic carbocycles. The summed E-state index contributed by atoms with van der Waals surface area (Å²) < 4.78 is 2.36. The maximum Gasteiger partial charge on any atom is 0.170 e. The van der Waals surface area contributed by atoms with Gasteiger partial charge in [0.25, 0.3) is 0 Å². The molecule has 150 valence electrons. The summed E-state index contributed by atoms with van der Waals surface area (Å²) in [5.74, 6) is 0. The highest BCUT2D eigenvalue weighted by Gasteiger charge is 2.42. The molecule has 4 heterocycles. The van der Waals surface area contributed by atoms with Crippen molar-refractivity contribution in [3.05, 3.63) is 83.2 Å². The lowest BCUT2D eigenvalue weighted by atomic mass is 9.96. The van der Waals surface area contributed by atoms with Gasteiger partial charge in [0.15, 0.2) is 5.11 Å². The molecule has 5 nitrogen and oxygen atoms in total. The lowest BCUT2D eigenvalue weighted by Crippen LogP contribution is -2.35. The van der Waals surface area contributed by atoms with Crippen molar-refractivity contribution < 1.29 is 0 Å². The monoisotopic (exact) mass is 405 g/mol. The number of nitrogens with one attached hydrogen (secondary N) is 1. The number of aryl methyl sites for hydroxylation is 1. The second-order valence-electron chi connectivity index (χ2n) is 7.90. The quantitative estimate of drug-likeness (QED) is 0.641. The van der Waals surface area contributed by atoms with Gasteiger partial charge in [0.1, 0.15) is 0 Å². The van der Waals surface area contributed by atoms with Crippen LogP contribution in [0.25, 0.3) is 0 Å². The number of rotatable bonds is 5. The van der Waals surface area contributed by atoms with Crippen LogP contribution in [-0.4, -0.2) is 30.6 Å². The predicted molar refractivity (Wildman–Crippen MR) is 120 cm³/mol. The molecule has 2 atom stereocenters. The van der Waals surface area contributed by atoms with Crippen LogP contribution in [0.15, 0.2) is 55.0 Å². The van der Waals surface area contributed by atoms with Gasteiger partial charge in [-0.3, -0.25) is 9.97 Å². The zero-order chi connectivity index (χ0) is 20.5. The fraction of sp³-hybridized carbons (Fsp3) is 0.348. The first-order valence-electron chi connectivity index (χ1n) is 10.0. The summed E-state index contributed by atoms with van der Waals surface area (Å²) in [6.45, 7) is 9.57. The highest BCUT2D eigenvalue weighted by Crippen LogP contribution is 2.41. The van der Waals surface area contributed by atoms with Gasteiger partial charge in [-0.15, -0.1) is 0 Å². The van der Waals surface area contributed by atoms with E-state index in [0.29, 0.717) is 0 Å². The Bertz CT molecular complexity index is 997. The molecule has 3 aromatic heterocycles. The van der Waals surface area contributed by atoms with E-state index in [1.165, 1.54) is 22.5 Å². The third-order valence-electron chi connectivity index (χ3n) is 5.69. The number of pyridine rings is 2. The summed E-state index contributed by atoms with van der Waals surface area (Å²) in [7, 11) is 0. The van der Waals surface area contributed by atoms with E-state index in [0.717, 1.165) is 17.4 Å². The van der Waals surface area contributed by atoms with Crippen LogP contribution in [-0.2, 0) is 6.54 Å². The summed E-state index contributed by atoms with van der Waals surface area (Å²) in [4.78, 5) is 11.2. The summed E-state index contributed by atoms with van der Waals surface area (Å²) in [6.07, 6.45) is 5.59. The molecule has 0 amide bonds. The molecule has 6 heteroatoms. The molecule has 1 aliphatic heterocycles. The first-order valence-corrected chi connectivity index (χ1v) is 10.4. The van der Waals surface area contributed by atoms with Crippen LogP contribution in [0, 0.1) is 13.8 Å². The number of hydrogen-bond donors (Lipinski definition) is 1. The Hall–Kier alpha value is -2.73. The normalized spacial score (nSPS) is 19.1. The largest absolute Gasteiger partial charge is 0.352 e. The molecule has 0 radical (unpaired) electrons. The summed E-state index contributed by atoms with van der Waals surface area (Å²) >= 11 is 5.73. The molecule has 29 heavy (non-hydrogen) atoms. The third-order valence-corrected chi connectivity index (χ3v) is 6.02. The van der Waals surface area contributed by atoms with E-state index in [-0.39, 0.29) is 18.1 Å². The predicted octanol–water partition coefficient (Wildman–Crippen LogP) is 4.32. The van der Waals surface area contributed by atoms with Gasteiger partial charge in [0.2, 0.25) is 0 Å². The van der Waals surface area contributed by atoms with Crippen molar-refractivity contribution in [2.75, 3.05) is 0 Å². The van der Waals surface area contributed by atoms with Gasteiger partial charge in [-0.05, 0) is 75.3 Å². The fourth-order valence-electron chi connectivity index (χ4n) is 4.30. The van der Waals surface area contributed by atoms with Crippen LogP contribution < -0.4 is 5.32 Å². The van der Waals surface area contributed by atoms with Gasteiger partial charge in [0, 0.05) is 42.6 Å². The van der Waals surface area contributed by atoms with Crippen molar-refractivity contribution >= 4 is 17.3 Å². The Morgan fingerprint density at radius 2 is 1.97 bits per heavy atom. The van der Waals surface area contributed by atoms with Gasteiger partial charge in [-0.25, -0.2) is 0 Å². The standard InChI is InChI=1S/C23H27N5S/c1-15(2)28-22(21(26-23(28)29)20-9-5-6-11-25-20)19-12-16(3)27(17(19)4)14-18-8-7-10-24-13-18/h5-13,15,21-22H,14H2,1-4H3,(H,26,29)/t21-,22+/m1/s1. The van der Waals surface area contributed by atoms with Crippen molar-refractivity contribution in [1.82, 2.24) is 24.8 Å². The number of aromatic nitrogens is 3. The van der Waals surface area contributed by atoms with Crippen molar-refractivity contribution in [2.45, 2.75) is 52.4 Å².